The average Bonchev–Trinajstić information content (AvgIpc) is 2.26. The third kappa shape index (κ3) is 5.27. The minimum absolute atomic E-state index is 0.0747. The molecular weight excluding hydrogens is 286 g/mol. The van der Waals surface area contributed by atoms with Gasteiger partial charge in [-0.1, -0.05) is 12.1 Å². The summed E-state index contributed by atoms with van der Waals surface area (Å²) < 4.78 is 23.8. The van der Waals surface area contributed by atoms with Crippen LogP contribution in [0.25, 0.3) is 0 Å². The minimum atomic E-state index is -3.75. The van der Waals surface area contributed by atoms with E-state index in [1.54, 1.807) is 0 Å². The lowest BCUT2D eigenvalue weighted by Crippen LogP contribution is -2.44. The summed E-state index contributed by atoms with van der Waals surface area (Å²) in [5, 5.41) is 20.2. The van der Waals surface area contributed by atoms with E-state index in [2.05, 4.69) is 5.32 Å². The van der Waals surface area contributed by atoms with E-state index in [0.29, 0.717) is 5.56 Å². The fourth-order valence-corrected chi connectivity index (χ4v) is 3.17. The lowest BCUT2D eigenvalue weighted by atomic mass is 10.2. The highest BCUT2D eigenvalue weighted by Gasteiger charge is 2.26. The van der Waals surface area contributed by atoms with Gasteiger partial charge >= 0.3 is 5.97 Å². The number of carboxylic acids is 1. The van der Waals surface area contributed by atoms with Crippen LogP contribution >= 0.6 is 0 Å². The number of amides is 1. The van der Waals surface area contributed by atoms with Gasteiger partial charge in [0.25, 0.3) is 0 Å². The zero-order valence-corrected chi connectivity index (χ0v) is 11.6. The fraction of sp³-hybridized carbons (Fsp3) is 0.333. The molecule has 110 valence electrons. The van der Waals surface area contributed by atoms with Crippen molar-refractivity contribution in [3.05, 3.63) is 29.8 Å². The smallest absolute Gasteiger partial charge is 0.327 e. The van der Waals surface area contributed by atoms with Crippen molar-refractivity contribution < 1.29 is 28.2 Å². The standard InChI is InChI=1S/C12H15NO6S/c1-8(14)13-11(12(16)17)7-20(18,19)6-9-3-2-4-10(15)5-9/h2-5,11,15H,6-7H2,1H3,(H,13,14)(H,16,17)/t11-/m0/s1. The highest BCUT2D eigenvalue weighted by molar-refractivity contribution is 7.90. The van der Waals surface area contributed by atoms with Crippen LogP contribution in [-0.2, 0) is 25.2 Å². The van der Waals surface area contributed by atoms with Crippen molar-refractivity contribution in [2.45, 2.75) is 18.7 Å². The van der Waals surface area contributed by atoms with Crippen LogP contribution in [0.5, 0.6) is 5.75 Å². The highest BCUT2D eigenvalue weighted by Crippen LogP contribution is 2.14. The first-order valence-electron chi connectivity index (χ1n) is 5.68. The molecule has 0 heterocycles. The van der Waals surface area contributed by atoms with Crippen LogP contribution in [-0.4, -0.2) is 42.3 Å². The molecule has 7 nitrogen and oxygen atoms in total. The number of rotatable bonds is 6. The van der Waals surface area contributed by atoms with Gasteiger partial charge in [-0.05, 0) is 17.7 Å². The molecule has 8 heteroatoms. The Morgan fingerprint density at radius 2 is 2.00 bits per heavy atom. The molecule has 0 bridgehead atoms. The second-order valence-electron chi connectivity index (χ2n) is 4.32. The van der Waals surface area contributed by atoms with E-state index in [4.69, 9.17) is 5.11 Å². The summed E-state index contributed by atoms with van der Waals surface area (Å²) in [5.41, 5.74) is 0.344. The molecule has 0 saturated carbocycles. The highest BCUT2D eigenvalue weighted by atomic mass is 32.2. The molecule has 0 aromatic heterocycles. The first kappa shape index (κ1) is 16.0. The van der Waals surface area contributed by atoms with Gasteiger partial charge in [0, 0.05) is 6.92 Å². The van der Waals surface area contributed by atoms with E-state index < -0.39 is 39.3 Å². The van der Waals surface area contributed by atoms with E-state index in [-0.39, 0.29) is 5.75 Å². The summed E-state index contributed by atoms with van der Waals surface area (Å²) in [6.07, 6.45) is 0. The molecule has 1 aromatic carbocycles. The van der Waals surface area contributed by atoms with Crippen LogP contribution in [0.15, 0.2) is 24.3 Å². The second-order valence-corrected chi connectivity index (χ2v) is 6.42. The first-order chi connectivity index (χ1) is 9.19. The molecule has 0 radical (unpaired) electrons. The van der Waals surface area contributed by atoms with Gasteiger partial charge in [-0.25, -0.2) is 13.2 Å². The quantitative estimate of drug-likeness (QED) is 0.674. The summed E-state index contributed by atoms with van der Waals surface area (Å²) in [6, 6.07) is 4.18. The van der Waals surface area contributed by atoms with Gasteiger partial charge in [-0.2, -0.15) is 0 Å². The molecule has 3 N–H and O–H groups in total. The normalized spacial score (nSPS) is 12.7. The molecule has 1 rings (SSSR count). The fourth-order valence-electron chi connectivity index (χ4n) is 1.63. The van der Waals surface area contributed by atoms with Crippen LogP contribution in [0.2, 0.25) is 0 Å². The Morgan fingerprint density at radius 1 is 1.35 bits per heavy atom. The summed E-state index contributed by atoms with van der Waals surface area (Å²) in [4.78, 5) is 21.7. The van der Waals surface area contributed by atoms with E-state index in [1.165, 1.54) is 24.3 Å². The Morgan fingerprint density at radius 3 is 2.50 bits per heavy atom. The van der Waals surface area contributed by atoms with Crippen molar-refractivity contribution >= 4 is 21.7 Å². The maximum Gasteiger partial charge on any atom is 0.327 e. The number of carbonyl (C=O) groups is 2. The molecule has 0 aliphatic heterocycles. The zero-order valence-electron chi connectivity index (χ0n) is 10.7. The Bertz CT molecular complexity index is 610. The molecule has 0 aliphatic carbocycles. The molecule has 0 spiro atoms. The van der Waals surface area contributed by atoms with Gasteiger partial charge < -0.3 is 15.5 Å². The van der Waals surface area contributed by atoms with Gasteiger partial charge in [0.1, 0.15) is 11.8 Å². The minimum Gasteiger partial charge on any atom is -0.508 e. The van der Waals surface area contributed by atoms with Gasteiger partial charge in [0.05, 0.1) is 11.5 Å². The van der Waals surface area contributed by atoms with Gasteiger partial charge in [-0.15, -0.1) is 0 Å². The molecule has 0 aliphatic rings. The summed E-state index contributed by atoms with van der Waals surface area (Å²) in [7, 11) is -3.75. The number of carbonyl (C=O) groups excluding carboxylic acids is 1. The first-order valence-corrected chi connectivity index (χ1v) is 7.50. The largest absolute Gasteiger partial charge is 0.508 e. The monoisotopic (exact) mass is 301 g/mol. The molecule has 20 heavy (non-hydrogen) atoms. The number of nitrogens with one attached hydrogen (secondary N) is 1. The van der Waals surface area contributed by atoms with Crippen molar-refractivity contribution in [3.8, 4) is 5.75 Å². The zero-order chi connectivity index (χ0) is 15.3. The number of hydrogen-bond donors (Lipinski definition) is 3. The van der Waals surface area contributed by atoms with Crippen LogP contribution in [0.1, 0.15) is 12.5 Å². The SMILES string of the molecule is CC(=O)N[C@@H](CS(=O)(=O)Cc1cccc(O)c1)C(=O)O. The Labute approximate surface area is 116 Å². The summed E-state index contributed by atoms with van der Waals surface area (Å²) >= 11 is 0. The molecule has 1 aromatic rings. The Kier molecular flexibility index (Phi) is 5.09. The molecule has 0 saturated heterocycles. The Hall–Kier alpha value is -2.09. The van der Waals surface area contributed by atoms with Crippen molar-refractivity contribution in [1.82, 2.24) is 5.32 Å². The Balaban J connectivity index is 2.82. The second kappa shape index (κ2) is 6.38. The van der Waals surface area contributed by atoms with Crippen LogP contribution in [0, 0.1) is 0 Å². The number of aliphatic carboxylic acids is 1. The molecule has 1 atom stereocenters. The maximum absolute atomic E-state index is 11.9. The summed E-state index contributed by atoms with van der Waals surface area (Å²) in [6.45, 7) is 1.11. The van der Waals surface area contributed by atoms with Crippen molar-refractivity contribution in [2.75, 3.05) is 5.75 Å². The predicted octanol–water partition coefficient (Wildman–Crippen LogP) is -0.104. The lowest BCUT2D eigenvalue weighted by Gasteiger charge is -2.13. The van der Waals surface area contributed by atoms with Crippen molar-refractivity contribution in [1.29, 1.82) is 0 Å². The molecule has 1 amide bonds. The number of aromatic hydroxyl groups is 1. The van der Waals surface area contributed by atoms with Crippen molar-refractivity contribution in [2.24, 2.45) is 0 Å². The number of benzene rings is 1. The topological polar surface area (TPSA) is 121 Å². The third-order valence-corrected chi connectivity index (χ3v) is 4.01. The number of hydrogen-bond acceptors (Lipinski definition) is 5. The number of phenolic OH excluding ortho intramolecular Hbond substituents is 1. The molecule has 0 unspecified atom stereocenters. The van der Waals surface area contributed by atoms with Gasteiger partial charge in [0.2, 0.25) is 5.91 Å². The third-order valence-electron chi connectivity index (χ3n) is 2.39. The maximum atomic E-state index is 11.9. The van der Waals surface area contributed by atoms with E-state index in [0.717, 1.165) is 6.92 Å². The number of carboxylic acid groups (broad SMARTS) is 1. The molecule has 0 fully saturated rings. The van der Waals surface area contributed by atoms with E-state index in [1.807, 2.05) is 0 Å². The van der Waals surface area contributed by atoms with Crippen LogP contribution in [0.4, 0.5) is 0 Å². The predicted molar refractivity (Wildman–Crippen MR) is 70.8 cm³/mol. The molecular formula is C12H15NO6S. The number of sulfone groups is 1. The van der Waals surface area contributed by atoms with Gasteiger partial charge in [-0.3, -0.25) is 4.79 Å². The van der Waals surface area contributed by atoms with E-state index >= 15 is 0 Å². The summed E-state index contributed by atoms with van der Waals surface area (Å²) in [5.74, 6) is -3.23. The van der Waals surface area contributed by atoms with Crippen molar-refractivity contribution in [3.63, 3.8) is 0 Å². The number of phenols is 1. The average molecular weight is 301 g/mol. The van der Waals surface area contributed by atoms with Crippen LogP contribution in [0.3, 0.4) is 0 Å². The lowest BCUT2D eigenvalue weighted by molar-refractivity contribution is -0.140. The van der Waals surface area contributed by atoms with Gasteiger partial charge in [0.15, 0.2) is 9.84 Å². The van der Waals surface area contributed by atoms with Crippen LogP contribution < -0.4 is 5.32 Å². The van der Waals surface area contributed by atoms with E-state index in [9.17, 15) is 23.1 Å².